The maximum absolute atomic E-state index is 10.3. The summed E-state index contributed by atoms with van der Waals surface area (Å²) in [5.41, 5.74) is 1.12. The topological polar surface area (TPSA) is 37.3 Å². The number of carbonyl (C=O) groups is 1. The van der Waals surface area contributed by atoms with Gasteiger partial charge in [-0.3, -0.25) is 0 Å². The normalized spacial score (nSPS) is 19.1. The summed E-state index contributed by atoms with van der Waals surface area (Å²) in [4.78, 5) is 10.3. The van der Waals surface area contributed by atoms with Crippen molar-refractivity contribution in [3.63, 3.8) is 0 Å². The average molecular weight is 154 g/mol. The first-order valence-corrected chi connectivity index (χ1v) is 4.21. The van der Waals surface area contributed by atoms with Crippen molar-refractivity contribution in [3.05, 3.63) is 11.6 Å². The van der Waals surface area contributed by atoms with Gasteiger partial charge in [0.15, 0.2) is 0 Å². The molecule has 0 radical (unpaired) electrons. The first-order chi connectivity index (χ1) is 5.29. The monoisotopic (exact) mass is 154 g/mol. The van der Waals surface area contributed by atoms with E-state index in [1.54, 1.807) is 0 Å². The van der Waals surface area contributed by atoms with Crippen LogP contribution in [0.1, 0.15) is 38.5 Å². The Morgan fingerprint density at radius 2 is 1.73 bits per heavy atom. The zero-order valence-corrected chi connectivity index (χ0v) is 6.68. The number of aliphatic carboxylic acids is 1. The van der Waals surface area contributed by atoms with Crippen molar-refractivity contribution in [1.82, 2.24) is 0 Å². The molecule has 0 saturated heterocycles. The molecule has 0 bridgehead atoms. The highest BCUT2D eigenvalue weighted by Crippen LogP contribution is 2.21. The number of carboxylic acids is 1. The fraction of sp³-hybridized carbons (Fsp3) is 0.667. The van der Waals surface area contributed by atoms with Crippen LogP contribution in [0.2, 0.25) is 0 Å². The molecule has 0 aromatic heterocycles. The van der Waals surface area contributed by atoms with Gasteiger partial charge in [-0.25, -0.2) is 4.79 Å². The van der Waals surface area contributed by atoms with E-state index in [1.165, 1.54) is 31.8 Å². The molecule has 1 saturated carbocycles. The van der Waals surface area contributed by atoms with Crippen LogP contribution >= 0.6 is 0 Å². The third-order valence-corrected chi connectivity index (χ3v) is 2.07. The number of rotatable bonds is 1. The molecule has 1 rings (SSSR count). The first-order valence-electron chi connectivity index (χ1n) is 4.21. The molecule has 1 aliphatic carbocycles. The van der Waals surface area contributed by atoms with Crippen LogP contribution in [0.25, 0.3) is 0 Å². The van der Waals surface area contributed by atoms with Gasteiger partial charge in [0.2, 0.25) is 0 Å². The summed E-state index contributed by atoms with van der Waals surface area (Å²) in [7, 11) is 0. The molecule has 0 heterocycles. The second-order valence-corrected chi connectivity index (χ2v) is 3.06. The van der Waals surface area contributed by atoms with Gasteiger partial charge in [-0.15, -0.1) is 0 Å². The SMILES string of the molecule is O=C(O)C=C1CCCCCC1. The Hall–Kier alpha value is -0.790. The van der Waals surface area contributed by atoms with Crippen molar-refractivity contribution >= 4 is 5.97 Å². The lowest BCUT2D eigenvalue weighted by atomic mass is 10.1. The van der Waals surface area contributed by atoms with Gasteiger partial charge in [0, 0.05) is 6.08 Å². The Morgan fingerprint density at radius 1 is 1.18 bits per heavy atom. The van der Waals surface area contributed by atoms with E-state index in [0.29, 0.717) is 0 Å². The Bertz CT molecular complexity index is 160. The zero-order valence-electron chi connectivity index (χ0n) is 6.68. The van der Waals surface area contributed by atoms with Crippen LogP contribution in [0.5, 0.6) is 0 Å². The fourth-order valence-corrected chi connectivity index (χ4v) is 1.50. The van der Waals surface area contributed by atoms with Crippen molar-refractivity contribution in [2.24, 2.45) is 0 Å². The summed E-state index contributed by atoms with van der Waals surface area (Å²) in [6.45, 7) is 0. The second-order valence-electron chi connectivity index (χ2n) is 3.06. The third kappa shape index (κ3) is 3.21. The quantitative estimate of drug-likeness (QED) is 0.465. The van der Waals surface area contributed by atoms with Gasteiger partial charge in [-0.05, 0) is 25.7 Å². The van der Waals surface area contributed by atoms with Gasteiger partial charge in [-0.1, -0.05) is 18.4 Å². The standard InChI is InChI=1S/C9H14O2/c10-9(11)7-8-5-3-1-2-4-6-8/h7H,1-6H2,(H,10,11). The van der Waals surface area contributed by atoms with Gasteiger partial charge in [0.05, 0.1) is 0 Å². The molecule has 0 aromatic rings. The molecule has 0 unspecified atom stereocenters. The van der Waals surface area contributed by atoms with E-state index in [1.807, 2.05) is 0 Å². The maximum Gasteiger partial charge on any atom is 0.328 e. The van der Waals surface area contributed by atoms with E-state index in [9.17, 15) is 4.79 Å². The Labute approximate surface area is 66.9 Å². The lowest BCUT2D eigenvalue weighted by molar-refractivity contribution is -0.131. The molecule has 0 amide bonds. The smallest absolute Gasteiger partial charge is 0.328 e. The molecule has 1 fully saturated rings. The largest absolute Gasteiger partial charge is 0.478 e. The minimum Gasteiger partial charge on any atom is -0.478 e. The molecule has 1 aliphatic rings. The molecule has 1 N–H and O–H groups in total. The molecular weight excluding hydrogens is 140 g/mol. The van der Waals surface area contributed by atoms with Gasteiger partial charge < -0.3 is 5.11 Å². The highest BCUT2D eigenvalue weighted by Gasteiger charge is 2.04. The van der Waals surface area contributed by atoms with E-state index in [4.69, 9.17) is 5.11 Å². The lowest BCUT2D eigenvalue weighted by Gasteiger charge is -1.98. The van der Waals surface area contributed by atoms with Gasteiger partial charge in [0.1, 0.15) is 0 Å². The summed E-state index contributed by atoms with van der Waals surface area (Å²) >= 11 is 0. The Morgan fingerprint density at radius 3 is 2.18 bits per heavy atom. The van der Waals surface area contributed by atoms with Crippen molar-refractivity contribution in [1.29, 1.82) is 0 Å². The van der Waals surface area contributed by atoms with Crippen LogP contribution in [0, 0.1) is 0 Å². The van der Waals surface area contributed by atoms with Crippen LogP contribution < -0.4 is 0 Å². The van der Waals surface area contributed by atoms with Crippen LogP contribution in [0.15, 0.2) is 11.6 Å². The summed E-state index contributed by atoms with van der Waals surface area (Å²) in [5.74, 6) is -0.790. The molecule has 0 atom stereocenters. The lowest BCUT2D eigenvalue weighted by Crippen LogP contribution is -1.91. The molecule has 2 heteroatoms. The third-order valence-electron chi connectivity index (χ3n) is 2.07. The first kappa shape index (κ1) is 8.31. The predicted molar refractivity (Wildman–Crippen MR) is 43.4 cm³/mol. The number of carboxylic acid groups (broad SMARTS) is 1. The predicted octanol–water partition coefficient (Wildman–Crippen LogP) is 2.35. The molecule has 62 valence electrons. The summed E-state index contributed by atoms with van der Waals surface area (Å²) in [6, 6.07) is 0. The molecule has 2 nitrogen and oxygen atoms in total. The number of hydrogen-bond acceptors (Lipinski definition) is 1. The van der Waals surface area contributed by atoms with E-state index >= 15 is 0 Å². The number of hydrogen-bond donors (Lipinski definition) is 1. The van der Waals surface area contributed by atoms with Crippen molar-refractivity contribution < 1.29 is 9.90 Å². The maximum atomic E-state index is 10.3. The van der Waals surface area contributed by atoms with Gasteiger partial charge in [0.25, 0.3) is 0 Å². The van der Waals surface area contributed by atoms with Crippen molar-refractivity contribution in [3.8, 4) is 0 Å². The summed E-state index contributed by atoms with van der Waals surface area (Å²) in [5, 5.41) is 8.48. The molecule has 11 heavy (non-hydrogen) atoms. The van der Waals surface area contributed by atoms with Crippen LogP contribution in [0.4, 0.5) is 0 Å². The summed E-state index contributed by atoms with van der Waals surface area (Å²) < 4.78 is 0. The van der Waals surface area contributed by atoms with E-state index in [2.05, 4.69) is 0 Å². The minimum atomic E-state index is -0.790. The zero-order chi connectivity index (χ0) is 8.10. The number of allylic oxidation sites excluding steroid dienone is 1. The molecule has 0 spiro atoms. The Kier molecular flexibility index (Phi) is 3.14. The molecule has 0 aliphatic heterocycles. The molecule has 0 aromatic carbocycles. The highest BCUT2D eigenvalue weighted by atomic mass is 16.4. The van der Waals surface area contributed by atoms with Crippen LogP contribution in [-0.4, -0.2) is 11.1 Å². The minimum absolute atomic E-state index is 0.790. The van der Waals surface area contributed by atoms with E-state index in [0.717, 1.165) is 18.4 Å². The van der Waals surface area contributed by atoms with Crippen LogP contribution in [0.3, 0.4) is 0 Å². The van der Waals surface area contributed by atoms with Crippen molar-refractivity contribution in [2.75, 3.05) is 0 Å². The molecular formula is C9H14O2. The van der Waals surface area contributed by atoms with Crippen molar-refractivity contribution in [2.45, 2.75) is 38.5 Å². The second kappa shape index (κ2) is 4.16. The fourth-order valence-electron chi connectivity index (χ4n) is 1.50. The van der Waals surface area contributed by atoms with Gasteiger partial charge in [-0.2, -0.15) is 0 Å². The summed E-state index contributed by atoms with van der Waals surface area (Å²) in [6.07, 6.45) is 8.22. The highest BCUT2D eigenvalue weighted by molar-refractivity contribution is 5.80. The average Bonchev–Trinajstić information content (AvgIpc) is 2.14. The van der Waals surface area contributed by atoms with E-state index < -0.39 is 5.97 Å². The van der Waals surface area contributed by atoms with E-state index in [-0.39, 0.29) is 0 Å². The Balaban J connectivity index is 2.48. The van der Waals surface area contributed by atoms with Gasteiger partial charge >= 0.3 is 5.97 Å². The van der Waals surface area contributed by atoms with Crippen LogP contribution in [-0.2, 0) is 4.79 Å².